The smallest absolute Gasteiger partial charge is 0.0432 e. The van der Waals surface area contributed by atoms with Crippen molar-refractivity contribution in [3.05, 3.63) is 59.2 Å². The molecule has 0 spiro atoms. The second-order valence-corrected chi connectivity index (χ2v) is 5.09. The Labute approximate surface area is 115 Å². The van der Waals surface area contributed by atoms with Crippen molar-refractivity contribution in [3.8, 4) is 0 Å². The van der Waals surface area contributed by atoms with Crippen LogP contribution in [0.15, 0.2) is 36.7 Å². The van der Waals surface area contributed by atoms with E-state index in [2.05, 4.69) is 35.9 Å². The lowest BCUT2D eigenvalue weighted by Gasteiger charge is -2.05. The summed E-state index contributed by atoms with van der Waals surface area (Å²) in [5, 5.41) is 0. The van der Waals surface area contributed by atoms with Gasteiger partial charge >= 0.3 is 0 Å². The molecule has 0 atom stereocenters. The molecule has 19 heavy (non-hydrogen) atoms. The number of pyridine rings is 2. The first-order chi connectivity index (χ1) is 9.27. The Morgan fingerprint density at radius 3 is 1.63 bits per heavy atom. The molecule has 0 fully saturated rings. The number of unbranched alkanes of at least 4 members (excludes halogenated alkanes) is 2. The van der Waals surface area contributed by atoms with Crippen molar-refractivity contribution in [3.63, 3.8) is 0 Å². The van der Waals surface area contributed by atoms with Gasteiger partial charge in [0.15, 0.2) is 0 Å². The highest BCUT2D eigenvalue weighted by Gasteiger charge is 2.01. The van der Waals surface area contributed by atoms with E-state index in [1.54, 1.807) is 0 Å². The normalized spacial score (nSPS) is 10.6. The van der Waals surface area contributed by atoms with E-state index in [1.165, 1.54) is 41.8 Å². The number of hydrogen-bond acceptors (Lipinski definition) is 2. The van der Waals surface area contributed by atoms with Crippen LogP contribution in [-0.4, -0.2) is 9.97 Å². The molecule has 2 nitrogen and oxygen atoms in total. The van der Waals surface area contributed by atoms with Crippen LogP contribution in [0.2, 0.25) is 0 Å². The first-order valence-electron chi connectivity index (χ1n) is 7.08. The second-order valence-electron chi connectivity index (χ2n) is 5.09. The number of aromatic nitrogens is 2. The highest BCUT2D eigenvalue weighted by molar-refractivity contribution is 5.18. The Kier molecular flexibility index (Phi) is 5.08. The van der Waals surface area contributed by atoms with Crippen molar-refractivity contribution >= 4 is 0 Å². The topological polar surface area (TPSA) is 25.8 Å². The van der Waals surface area contributed by atoms with Gasteiger partial charge in [0.2, 0.25) is 0 Å². The Morgan fingerprint density at radius 2 is 1.21 bits per heavy atom. The van der Waals surface area contributed by atoms with Crippen LogP contribution in [0, 0.1) is 13.8 Å². The van der Waals surface area contributed by atoms with Gasteiger partial charge in [-0.05, 0) is 62.8 Å². The summed E-state index contributed by atoms with van der Waals surface area (Å²) in [5.41, 5.74) is 5.11. The predicted octanol–water partition coefficient (Wildman–Crippen LogP) is 4.05. The highest BCUT2D eigenvalue weighted by atomic mass is 14.7. The Balaban J connectivity index is 1.71. The molecule has 0 aliphatic carbocycles. The van der Waals surface area contributed by atoms with Crippen molar-refractivity contribution in [2.75, 3.05) is 0 Å². The molecule has 2 rings (SSSR count). The summed E-state index contributed by atoms with van der Waals surface area (Å²) in [6.07, 6.45) is 9.63. The molecule has 100 valence electrons. The lowest BCUT2D eigenvalue weighted by atomic mass is 10.0. The summed E-state index contributed by atoms with van der Waals surface area (Å²) in [4.78, 5) is 8.87. The Morgan fingerprint density at radius 1 is 0.737 bits per heavy atom. The number of aryl methyl sites for hydroxylation is 4. The molecule has 0 saturated carbocycles. The van der Waals surface area contributed by atoms with Gasteiger partial charge in [-0.2, -0.15) is 0 Å². The van der Waals surface area contributed by atoms with Gasteiger partial charge in [0.05, 0.1) is 0 Å². The van der Waals surface area contributed by atoms with Gasteiger partial charge in [-0.15, -0.1) is 0 Å². The Hall–Kier alpha value is -1.70. The van der Waals surface area contributed by atoms with Crippen LogP contribution >= 0.6 is 0 Å². The first kappa shape index (κ1) is 13.7. The van der Waals surface area contributed by atoms with E-state index in [9.17, 15) is 0 Å². The lowest BCUT2D eigenvalue weighted by Crippen LogP contribution is -1.96. The fourth-order valence-electron chi connectivity index (χ4n) is 2.32. The fraction of sp³-hybridized carbons (Fsp3) is 0.412. The zero-order chi connectivity index (χ0) is 13.5. The van der Waals surface area contributed by atoms with Crippen molar-refractivity contribution in [1.82, 2.24) is 9.97 Å². The average Bonchev–Trinajstić information content (AvgIpc) is 2.42. The maximum atomic E-state index is 4.44. The highest BCUT2D eigenvalue weighted by Crippen LogP contribution is 2.12. The zero-order valence-corrected chi connectivity index (χ0v) is 11.9. The molecule has 2 aromatic heterocycles. The van der Waals surface area contributed by atoms with Gasteiger partial charge in [0.25, 0.3) is 0 Å². The van der Waals surface area contributed by atoms with Gasteiger partial charge in [-0.3, -0.25) is 9.97 Å². The van der Waals surface area contributed by atoms with Crippen LogP contribution < -0.4 is 0 Å². The summed E-state index contributed by atoms with van der Waals surface area (Å²) >= 11 is 0. The molecule has 0 aliphatic rings. The standard InChI is InChI=1S/C17H22N2/c1-14-8-6-12-18-16(14)10-4-3-5-11-17-15(2)9-7-13-19-17/h6-9,12-13H,3-5,10-11H2,1-2H3. The molecule has 0 aromatic carbocycles. The maximum absolute atomic E-state index is 4.44. The third kappa shape index (κ3) is 4.16. The third-order valence-electron chi connectivity index (χ3n) is 3.56. The molecule has 0 N–H and O–H groups in total. The van der Waals surface area contributed by atoms with E-state index in [0.29, 0.717) is 0 Å². The molecule has 2 heteroatoms. The maximum Gasteiger partial charge on any atom is 0.0432 e. The van der Waals surface area contributed by atoms with Crippen LogP contribution in [0.3, 0.4) is 0 Å². The summed E-state index contributed by atoms with van der Waals surface area (Å²) in [5.74, 6) is 0. The fourth-order valence-corrected chi connectivity index (χ4v) is 2.32. The molecule has 2 aromatic rings. The van der Waals surface area contributed by atoms with Crippen LogP contribution in [0.25, 0.3) is 0 Å². The van der Waals surface area contributed by atoms with Crippen molar-refractivity contribution in [2.24, 2.45) is 0 Å². The number of hydrogen-bond donors (Lipinski definition) is 0. The predicted molar refractivity (Wildman–Crippen MR) is 79.2 cm³/mol. The second kappa shape index (κ2) is 7.03. The van der Waals surface area contributed by atoms with Gasteiger partial charge in [-0.25, -0.2) is 0 Å². The number of nitrogens with zero attached hydrogens (tertiary/aromatic N) is 2. The molecule has 0 saturated heterocycles. The molecule has 0 bridgehead atoms. The molecule has 2 heterocycles. The molecule has 0 radical (unpaired) electrons. The number of rotatable bonds is 6. The average molecular weight is 254 g/mol. The van der Waals surface area contributed by atoms with Gasteiger partial charge < -0.3 is 0 Å². The van der Waals surface area contributed by atoms with Crippen molar-refractivity contribution < 1.29 is 0 Å². The van der Waals surface area contributed by atoms with Crippen LogP contribution in [0.5, 0.6) is 0 Å². The van der Waals surface area contributed by atoms with E-state index in [4.69, 9.17) is 0 Å². The summed E-state index contributed by atoms with van der Waals surface area (Å²) in [7, 11) is 0. The van der Waals surface area contributed by atoms with E-state index in [1.807, 2.05) is 24.5 Å². The SMILES string of the molecule is Cc1cccnc1CCCCCc1ncccc1C. The molecular formula is C17H22N2. The quantitative estimate of drug-likeness (QED) is 0.727. The van der Waals surface area contributed by atoms with Crippen molar-refractivity contribution in [2.45, 2.75) is 46.0 Å². The Bertz CT molecular complexity index is 473. The summed E-state index contributed by atoms with van der Waals surface area (Å²) < 4.78 is 0. The third-order valence-corrected chi connectivity index (χ3v) is 3.56. The first-order valence-corrected chi connectivity index (χ1v) is 7.08. The zero-order valence-electron chi connectivity index (χ0n) is 11.9. The summed E-state index contributed by atoms with van der Waals surface area (Å²) in [6.45, 7) is 4.28. The van der Waals surface area contributed by atoms with Crippen LogP contribution in [0.4, 0.5) is 0 Å². The molecule has 0 aliphatic heterocycles. The minimum absolute atomic E-state index is 1.09. The van der Waals surface area contributed by atoms with E-state index in [-0.39, 0.29) is 0 Å². The summed E-state index contributed by atoms with van der Waals surface area (Å²) in [6, 6.07) is 8.28. The van der Waals surface area contributed by atoms with Gasteiger partial charge in [0, 0.05) is 23.8 Å². The van der Waals surface area contributed by atoms with E-state index in [0.717, 1.165) is 12.8 Å². The monoisotopic (exact) mass is 254 g/mol. The molecular weight excluding hydrogens is 232 g/mol. The lowest BCUT2D eigenvalue weighted by molar-refractivity contribution is 0.662. The molecule has 0 unspecified atom stereocenters. The minimum Gasteiger partial charge on any atom is -0.261 e. The van der Waals surface area contributed by atoms with E-state index >= 15 is 0 Å². The minimum atomic E-state index is 1.09. The molecule has 0 amide bonds. The van der Waals surface area contributed by atoms with Crippen molar-refractivity contribution in [1.29, 1.82) is 0 Å². The van der Waals surface area contributed by atoms with Gasteiger partial charge in [0.1, 0.15) is 0 Å². The largest absolute Gasteiger partial charge is 0.261 e. The van der Waals surface area contributed by atoms with Crippen LogP contribution in [0.1, 0.15) is 41.8 Å². The van der Waals surface area contributed by atoms with Crippen LogP contribution in [-0.2, 0) is 12.8 Å². The van der Waals surface area contributed by atoms with Gasteiger partial charge in [-0.1, -0.05) is 18.6 Å². The van der Waals surface area contributed by atoms with E-state index < -0.39 is 0 Å².